The molecule has 0 unspecified atom stereocenters. The fraction of sp³-hybridized carbons (Fsp3) is 0.0909. The van der Waals surface area contributed by atoms with Crippen molar-refractivity contribution in [1.29, 1.82) is 0 Å². The Balaban J connectivity index is 1.65. The molecule has 3 aromatic heterocycles. The highest BCUT2D eigenvalue weighted by Crippen LogP contribution is 2.32. The van der Waals surface area contributed by atoms with Crippen molar-refractivity contribution in [2.75, 3.05) is 5.32 Å². The van der Waals surface area contributed by atoms with Gasteiger partial charge in [0.1, 0.15) is 24.3 Å². The molecule has 5 rings (SSSR count). The van der Waals surface area contributed by atoms with Gasteiger partial charge in [-0.2, -0.15) is 0 Å². The highest BCUT2D eigenvalue weighted by molar-refractivity contribution is 6.35. The molecule has 0 aliphatic heterocycles. The van der Waals surface area contributed by atoms with Crippen LogP contribution < -0.4 is 5.32 Å². The predicted molar refractivity (Wildman–Crippen MR) is 116 cm³/mol. The Bertz CT molecular complexity index is 1420. The number of alkyl halides is 1. The maximum absolute atomic E-state index is 14.1. The lowest BCUT2D eigenvalue weighted by Gasteiger charge is -2.15. The lowest BCUT2D eigenvalue weighted by atomic mass is 9.99. The minimum Gasteiger partial charge on any atom is -0.364 e. The van der Waals surface area contributed by atoms with Crippen molar-refractivity contribution in [1.82, 2.24) is 24.9 Å². The molecule has 6 nitrogen and oxygen atoms in total. The van der Waals surface area contributed by atoms with Crippen molar-refractivity contribution in [3.8, 4) is 11.3 Å². The molecule has 0 amide bonds. The number of nitrogens with zero attached hydrogens (tertiary/aromatic N) is 4. The zero-order chi connectivity index (χ0) is 21.4. The number of aromatic nitrogens is 5. The van der Waals surface area contributed by atoms with Crippen LogP contribution in [0, 0.1) is 5.82 Å². The maximum Gasteiger partial charge on any atom is 0.162 e. The summed E-state index contributed by atoms with van der Waals surface area (Å²) >= 11 is 6.34. The second-order valence-electron chi connectivity index (χ2n) is 6.92. The van der Waals surface area contributed by atoms with Crippen LogP contribution in [0.4, 0.5) is 14.6 Å². The Morgan fingerprint density at radius 3 is 2.77 bits per heavy atom. The molecule has 0 atom stereocenters. The van der Waals surface area contributed by atoms with Gasteiger partial charge in [0.05, 0.1) is 22.6 Å². The fourth-order valence-electron chi connectivity index (χ4n) is 3.53. The minimum absolute atomic E-state index is 0.298. The first-order chi connectivity index (χ1) is 15.1. The smallest absolute Gasteiger partial charge is 0.162 e. The normalized spacial score (nSPS) is 11.3. The van der Waals surface area contributed by atoms with Crippen molar-refractivity contribution >= 4 is 39.5 Å². The Morgan fingerprint density at radius 2 is 1.90 bits per heavy atom. The van der Waals surface area contributed by atoms with E-state index >= 15 is 0 Å². The molecule has 0 fully saturated rings. The average molecular weight is 437 g/mol. The lowest BCUT2D eigenvalue weighted by molar-refractivity contribution is 0.485. The Kier molecular flexibility index (Phi) is 4.91. The molecule has 0 aliphatic carbocycles. The van der Waals surface area contributed by atoms with Crippen molar-refractivity contribution in [3.63, 3.8) is 0 Å². The van der Waals surface area contributed by atoms with E-state index in [2.05, 4.69) is 25.3 Å². The molecule has 0 bridgehead atoms. The molecular weight excluding hydrogens is 422 g/mol. The number of hydrogen-bond acceptors (Lipinski definition) is 5. The molecule has 9 heteroatoms. The van der Waals surface area contributed by atoms with Gasteiger partial charge in [-0.25, -0.2) is 28.7 Å². The van der Waals surface area contributed by atoms with Crippen LogP contribution >= 0.6 is 11.6 Å². The quantitative estimate of drug-likeness (QED) is 0.383. The molecule has 0 saturated carbocycles. The standard InChI is InChI=1S/C22H15ClF2N6/c23-17-3-1-2-12-6-14(9-26-21-20-22(28-10-27-20)30-11-29-21)18(31-19(12)17)16-7-15(25)5-4-13(16)8-24/h1-7,10-11H,8-9H2,(H2,26,27,28,29,30). The monoisotopic (exact) mass is 436 g/mol. The molecule has 5 aromatic rings. The van der Waals surface area contributed by atoms with E-state index in [0.29, 0.717) is 50.9 Å². The van der Waals surface area contributed by atoms with Crippen molar-refractivity contribution < 1.29 is 8.78 Å². The van der Waals surface area contributed by atoms with Gasteiger partial charge in [0.2, 0.25) is 0 Å². The number of imidazole rings is 1. The molecule has 3 heterocycles. The number of anilines is 1. The van der Waals surface area contributed by atoms with Crippen LogP contribution in [0.3, 0.4) is 0 Å². The van der Waals surface area contributed by atoms with Gasteiger partial charge >= 0.3 is 0 Å². The molecule has 2 N–H and O–H groups in total. The first kappa shape index (κ1) is 19.3. The second-order valence-corrected chi connectivity index (χ2v) is 7.33. The van der Waals surface area contributed by atoms with Crippen LogP contribution in [0.25, 0.3) is 33.3 Å². The third-order valence-corrected chi connectivity index (χ3v) is 5.31. The van der Waals surface area contributed by atoms with Crippen LogP contribution in [0.15, 0.2) is 55.1 Å². The average Bonchev–Trinajstić information content (AvgIpc) is 3.27. The van der Waals surface area contributed by atoms with Crippen molar-refractivity contribution in [2.24, 2.45) is 0 Å². The SMILES string of the molecule is FCc1ccc(F)cc1-c1nc2c(Cl)cccc2cc1CNc1ncnc2[nH]cnc12. The molecule has 0 aliphatic rings. The summed E-state index contributed by atoms with van der Waals surface area (Å²) in [6.45, 7) is -0.448. The van der Waals surface area contributed by atoms with Gasteiger partial charge in [-0.15, -0.1) is 0 Å². The highest BCUT2D eigenvalue weighted by atomic mass is 35.5. The number of halogens is 3. The van der Waals surface area contributed by atoms with Crippen LogP contribution in [0.2, 0.25) is 5.02 Å². The maximum atomic E-state index is 14.1. The Labute approximate surface area is 180 Å². The lowest BCUT2D eigenvalue weighted by Crippen LogP contribution is -2.06. The van der Waals surface area contributed by atoms with Crippen LogP contribution in [-0.4, -0.2) is 24.9 Å². The van der Waals surface area contributed by atoms with Gasteiger partial charge in [0.15, 0.2) is 11.5 Å². The first-order valence-corrected chi connectivity index (χ1v) is 9.82. The van der Waals surface area contributed by atoms with Gasteiger partial charge < -0.3 is 10.3 Å². The summed E-state index contributed by atoms with van der Waals surface area (Å²) in [5, 5.41) is 4.52. The van der Waals surface area contributed by atoms with Crippen LogP contribution in [0.1, 0.15) is 11.1 Å². The van der Waals surface area contributed by atoms with E-state index in [4.69, 9.17) is 16.6 Å². The first-order valence-electron chi connectivity index (χ1n) is 9.45. The van der Waals surface area contributed by atoms with Crippen LogP contribution in [0.5, 0.6) is 0 Å². The summed E-state index contributed by atoms with van der Waals surface area (Å²) < 4.78 is 27.8. The Morgan fingerprint density at radius 1 is 1.00 bits per heavy atom. The largest absolute Gasteiger partial charge is 0.364 e. The summed E-state index contributed by atoms with van der Waals surface area (Å²) in [5.74, 6) is 0.0644. The third-order valence-electron chi connectivity index (χ3n) is 5.01. The van der Waals surface area contributed by atoms with Crippen LogP contribution in [-0.2, 0) is 13.2 Å². The molecule has 2 aromatic carbocycles. The molecule has 0 saturated heterocycles. The van der Waals surface area contributed by atoms with E-state index in [0.717, 1.165) is 10.9 Å². The van der Waals surface area contributed by atoms with E-state index in [1.807, 2.05) is 18.2 Å². The number of para-hydroxylation sites is 1. The topological polar surface area (TPSA) is 79.4 Å². The van der Waals surface area contributed by atoms with Crippen molar-refractivity contribution in [3.05, 3.63) is 77.1 Å². The number of aromatic amines is 1. The van der Waals surface area contributed by atoms with Gasteiger partial charge in [0.25, 0.3) is 0 Å². The van der Waals surface area contributed by atoms with E-state index in [-0.39, 0.29) is 0 Å². The summed E-state index contributed by atoms with van der Waals surface area (Å²) in [7, 11) is 0. The molecule has 0 radical (unpaired) electrons. The summed E-state index contributed by atoms with van der Waals surface area (Å²) in [4.78, 5) is 20.3. The van der Waals surface area contributed by atoms with E-state index in [1.165, 1.54) is 30.9 Å². The van der Waals surface area contributed by atoms with Crippen molar-refractivity contribution in [2.45, 2.75) is 13.2 Å². The van der Waals surface area contributed by atoms with Gasteiger partial charge in [-0.3, -0.25) is 0 Å². The number of H-pyrrole nitrogens is 1. The summed E-state index contributed by atoms with van der Waals surface area (Å²) in [6, 6.07) is 11.3. The minimum atomic E-state index is -0.746. The number of hydrogen-bond donors (Lipinski definition) is 2. The van der Waals surface area contributed by atoms with Gasteiger partial charge in [-0.1, -0.05) is 29.8 Å². The molecular formula is C22H15ClF2N6. The summed E-state index contributed by atoms with van der Waals surface area (Å²) in [5.41, 5.74) is 3.67. The molecule has 0 spiro atoms. The van der Waals surface area contributed by atoms with Gasteiger partial charge in [0, 0.05) is 17.5 Å². The molecule has 154 valence electrons. The molecule has 31 heavy (non-hydrogen) atoms. The number of fused-ring (bicyclic) bond motifs is 2. The predicted octanol–water partition coefficient (Wildman–Crippen LogP) is 5.44. The third kappa shape index (κ3) is 3.55. The number of benzene rings is 2. The fourth-order valence-corrected chi connectivity index (χ4v) is 3.76. The van der Waals surface area contributed by atoms with Gasteiger partial charge in [-0.05, 0) is 35.4 Å². The highest BCUT2D eigenvalue weighted by Gasteiger charge is 2.16. The Hall–Kier alpha value is -3.65. The number of nitrogens with one attached hydrogen (secondary N) is 2. The summed E-state index contributed by atoms with van der Waals surface area (Å²) in [6.07, 6.45) is 2.96. The zero-order valence-electron chi connectivity index (χ0n) is 16.0. The van der Waals surface area contributed by atoms with E-state index in [9.17, 15) is 8.78 Å². The second kappa shape index (κ2) is 7.88. The zero-order valence-corrected chi connectivity index (χ0v) is 16.8. The van der Waals surface area contributed by atoms with E-state index < -0.39 is 12.5 Å². The van der Waals surface area contributed by atoms with E-state index in [1.54, 1.807) is 6.07 Å². The number of pyridine rings is 1. The number of rotatable bonds is 5.